The van der Waals surface area contributed by atoms with Gasteiger partial charge in [-0.15, -0.1) is 11.8 Å². The first-order chi connectivity index (χ1) is 14.9. The van der Waals surface area contributed by atoms with Gasteiger partial charge >= 0.3 is 0 Å². The maximum absolute atomic E-state index is 13.1. The highest BCUT2D eigenvalue weighted by Crippen LogP contribution is 2.33. The third-order valence-electron chi connectivity index (χ3n) is 5.16. The molecular weight excluding hydrogens is 436 g/mol. The Hall–Kier alpha value is -2.23. The van der Waals surface area contributed by atoms with Crippen molar-refractivity contribution in [2.75, 3.05) is 39.4 Å². The molecule has 1 amide bonds. The Balaban J connectivity index is 1.46. The number of amides is 1. The summed E-state index contributed by atoms with van der Waals surface area (Å²) in [5.74, 6) is 0.944. The molecule has 0 aromatic heterocycles. The number of benzene rings is 2. The Kier molecular flexibility index (Phi) is 6.45. The number of piperazine rings is 1. The second kappa shape index (κ2) is 9.10. The normalized spacial score (nSPS) is 17.1. The SMILES string of the molecule is CC(C)Sc1ccccc1C(=O)N1CCN(S(=O)(=O)c2ccc3c(c2)OCCO3)CC1. The van der Waals surface area contributed by atoms with Gasteiger partial charge in [0, 0.05) is 42.4 Å². The van der Waals surface area contributed by atoms with Crippen LogP contribution in [0.2, 0.25) is 0 Å². The van der Waals surface area contributed by atoms with E-state index in [1.54, 1.807) is 28.8 Å². The van der Waals surface area contributed by atoms with E-state index in [1.807, 2.05) is 24.3 Å². The number of carbonyl (C=O) groups excluding carboxylic acids is 1. The number of rotatable bonds is 5. The minimum atomic E-state index is -3.68. The van der Waals surface area contributed by atoms with Crippen LogP contribution in [0.25, 0.3) is 0 Å². The molecule has 2 heterocycles. The fourth-order valence-corrected chi connectivity index (χ4v) is 6.02. The molecule has 0 saturated carbocycles. The quantitative estimate of drug-likeness (QED) is 0.636. The second-order valence-corrected chi connectivity index (χ2v) is 11.2. The van der Waals surface area contributed by atoms with Crippen LogP contribution in [0.4, 0.5) is 0 Å². The van der Waals surface area contributed by atoms with Gasteiger partial charge in [0.2, 0.25) is 10.0 Å². The van der Waals surface area contributed by atoms with E-state index < -0.39 is 10.0 Å². The van der Waals surface area contributed by atoms with Crippen molar-refractivity contribution < 1.29 is 22.7 Å². The van der Waals surface area contributed by atoms with Crippen LogP contribution >= 0.6 is 11.8 Å². The number of fused-ring (bicyclic) bond motifs is 1. The van der Waals surface area contributed by atoms with Crippen molar-refractivity contribution in [2.24, 2.45) is 0 Å². The predicted molar refractivity (Wildman–Crippen MR) is 120 cm³/mol. The molecule has 166 valence electrons. The molecule has 2 aromatic rings. The first-order valence-corrected chi connectivity index (χ1v) is 12.6. The molecule has 0 radical (unpaired) electrons. The Labute approximate surface area is 187 Å². The summed E-state index contributed by atoms with van der Waals surface area (Å²) in [5, 5.41) is 0.363. The highest BCUT2D eigenvalue weighted by molar-refractivity contribution is 8.00. The maximum Gasteiger partial charge on any atom is 0.255 e. The predicted octanol–water partition coefficient (Wildman–Crippen LogP) is 3.11. The second-order valence-electron chi connectivity index (χ2n) is 7.66. The fourth-order valence-electron chi connectivity index (χ4n) is 3.64. The molecule has 9 heteroatoms. The van der Waals surface area contributed by atoms with Gasteiger partial charge in [0.25, 0.3) is 5.91 Å². The molecule has 0 atom stereocenters. The zero-order valence-electron chi connectivity index (χ0n) is 17.6. The Morgan fingerprint density at radius 2 is 1.65 bits per heavy atom. The standard InChI is InChI=1S/C22H26N2O5S2/c1-16(2)30-21-6-4-3-5-18(21)22(25)23-9-11-24(12-10-23)31(26,27)17-7-8-19-20(15-17)29-14-13-28-19/h3-8,15-16H,9-14H2,1-2H3. The summed E-state index contributed by atoms with van der Waals surface area (Å²) in [6.45, 7) is 6.24. The van der Waals surface area contributed by atoms with Gasteiger partial charge in [-0.2, -0.15) is 4.31 Å². The number of carbonyl (C=O) groups is 1. The molecule has 1 fully saturated rings. The lowest BCUT2D eigenvalue weighted by Gasteiger charge is -2.34. The van der Waals surface area contributed by atoms with Gasteiger partial charge in [-0.05, 0) is 24.3 Å². The van der Waals surface area contributed by atoms with Gasteiger partial charge in [0.15, 0.2) is 11.5 Å². The van der Waals surface area contributed by atoms with Crippen molar-refractivity contribution >= 4 is 27.7 Å². The lowest BCUT2D eigenvalue weighted by Crippen LogP contribution is -2.50. The topological polar surface area (TPSA) is 76.2 Å². The van der Waals surface area contributed by atoms with E-state index in [0.717, 1.165) is 4.90 Å². The largest absolute Gasteiger partial charge is 0.486 e. The van der Waals surface area contributed by atoms with Crippen molar-refractivity contribution in [1.82, 2.24) is 9.21 Å². The molecule has 31 heavy (non-hydrogen) atoms. The molecule has 2 aliphatic heterocycles. The zero-order valence-corrected chi connectivity index (χ0v) is 19.2. The van der Waals surface area contributed by atoms with E-state index in [9.17, 15) is 13.2 Å². The Morgan fingerprint density at radius 1 is 0.968 bits per heavy atom. The zero-order chi connectivity index (χ0) is 22.0. The Bertz CT molecular complexity index is 1060. The fraction of sp³-hybridized carbons (Fsp3) is 0.409. The van der Waals surface area contributed by atoms with Gasteiger partial charge < -0.3 is 14.4 Å². The first kappa shape index (κ1) is 22.0. The smallest absolute Gasteiger partial charge is 0.255 e. The van der Waals surface area contributed by atoms with E-state index in [1.165, 1.54) is 10.4 Å². The number of hydrogen-bond acceptors (Lipinski definition) is 6. The van der Waals surface area contributed by atoms with Crippen molar-refractivity contribution in [3.05, 3.63) is 48.0 Å². The highest BCUT2D eigenvalue weighted by atomic mass is 32.2. The van der Waals surface area contributed by atoms with Crippen LogP contribution in [-0.4, -0.2) is 68.2 Å². The summed E-state index contributed by atoms with van der Waals surface area (Å²) in [6.07, 6.45) is 0. The molecule has 0 unspecified atom stereocenters. The molecule has 7 nitrogen and oxygen atoms in total. The summed E-state index contributed by atoms with van der Waals surface area (Å²) in [7, 11) is -3.68. The number of sulfonamides is 1. The van der Waals surface area contributed by atoms with Gasteiger partial charge in [0.1, 0.15) is 13.2 Å². The maximum atomic E-state index is 13.1. The molecule has 1 saturated heterocycles. The van der Waals surface area contributed by atoms with Crippen LogP contribution in [0.1, 0.15) is 24.2 Å². The molecule has 4 rings (SSSR count). The number of thioether (sulfide) groups is 1. The average molecular weight is 463 g/mol. The molecule has 0 bridgehead atoms. The third kappa shape index (κ3) is 4.68. The molecule has 0 N–H and O–H groups in total. The van der Waals surface area contributed by atoms with Crippen LogP contribution in [0.3, 0.4) is 0 Å². The van der Waals surface area contributed by atoms with E-state index in [4.69, 9.17) is 9.47 Å². The molecule has 0 aliphatic carbocycles. The lowest BCUT2D eigenvalue weighted by molar-refractivity contribution is 0.0694. The van der Waals surface area contributed by atoms with Gasteiger partial charge in [0.05, 0.1) is 10.5 Å². The minimum absolute atomic E-state index is 0.0554. The Morgan fingerprint density at radius 3 is 2.35 bits per heavy atom. The molecule has 0 spiro atoms. The summed E-state index contributed by atoms with van der Waals surface area (Å²) >= 11 is 1.65. The van der Waals surface area contributed by atoms with Crippen molar-refractivity contribution in [2.45, 2.75) is 28.9 Å². The monoisotopic (exact) mass is 462 g/mol. The summed E-state index contributed by atoms with van der Waals surface area (Å²) in [4.78, 5) is 16.0. The molecule has 2 aliphatic rings. The summed E-state index contributed by atoms with van der Waals surface area (Å²) < 4.78 is 38.7. The van der Waals surface area contributed by atoms with Crippen LogP contribution < -0.4 is 9.47 Å². The van der Waals surface area contributed by atoms with Crippen LogP contribution in [-0.2, 0) is 10.0 Å². The van der Waals surface area contributed by atoms with Crippen LogP contribution in [0, 0.1) is 0 Å². The van der Waals surface area contributed by atoms with Crippen molar-refractivity contribution in [3.63, 3.8) is 0 Å². The minimum Gasteiger partial charge on any atom is -0.486 e. The van der Waals surface area contributed by atoms with Gasteiger partial charge in [-0.25, -0.2) is 8.42 Å². The molecular formula is C22H26N2O5S2. The summed E-state index contributed by atoms with van der Waals surface area (Å²) in [5.41, 5.74) is 0.671. The van der Waals surface area contributed by atoms with Crippen molar-refractivity contribution in [1.29, 1.82) is 0 Å². The molecule has 2 aromatic carbocycles. The summed E-state index contributed by atoms with van der Waals surface area (Å²) in [6, 6.07) is 12.3. The van der Waals surface area contributed by atoms with E-state index in [-0.39, 0.29) is 23.9 Å². The van der Waals surface area contributed by atoms with Gasteiger partial charge in [-0.3, -0.25) is 4.79 Å². The van der Waals surface area contributed by atoms with Gasteiger partial charge in [-0.1, -0.05) is 26.0 Å². The van der Waals surface area contributed by atoms with Crippen LogP contribution in [0.15, 0.2) is 52.3 Å². The first-order valence-electron chi connectivity index (χ1n) is 10.3. The highest BCUT2D eigenvalue weighted by Gasteiger charge is 2.32. The number of hydrogen-bond donors (Lipinski definition) is 0. The third-order valence-corrected chi connectivity index (χ3v) is 8.13. The van der Waals surface area contributed by atoms with E-state index >= 15 is 0 Å². The lowest BCUT2D eigenvalue weighted by atomic mass is 10.2. The number of nitrogens with zero attached hydrogens (tertiary/aromatic N) is 2. The average Bonchev–Trinajstić information content (AvgIpc) is 2.78. The van der Waals surface area contributed by atoms with Crippen LogP contribution in [0.5, 0.6) is 11.5 Å². The number of ether oxygens (including phenoxy) is 2. The van der Waals surface area contributed by atoms with E-state index in [0.29, 0.717) is 48.6 Å². The van der Waals surface area contributed by atoms with E-state index in [2.05, 4.69) is 13.8 Å². The van der Waals surface area contributed by atoms with Crippen molar-refractivity contribution in [3.8, 4) is 11.5 Å².